The number of nitrogens with zero attached hydrogens (tertiary/aromatic N) is 4. The molecule has 3 aliphatic rings. The van der Waals surface area contributed by atoms with Gasteiger partial charge >= 0.3 is 6.03 Å². The Labute approximate surface area is 225 Å². The van der Waals surface area contributed by atoms with Crippen molar-refractivity contribution in [2.24, 2.45) is 5.92 Å². The van der Waals surface area contributed by atoms with Crippen molar-refractivity contribution in [1.29, 1.82) is 0 Å². The summed E-state index contributed by atoms with van der Waals surface area (Å²) in [5, 5.41) is 10.3. The van der Waals surface area contributed by atoms with E-state index in [9.17, 15) is 9.59 Å². The van der Waals surface area contributed by atoms with Crippen molar-refractivity contribution in [3.8, 4) is 11.1 Å². The first-order chi connectivity index (χ1) is 18.6. The summed E-state index contributed by atoms with van der Waals surface area (Å²) in [5.74, 6) is -0.295. The third-order valence-electron chi connectivity index (χ3n) is 8.52. The van der Waals surface area contributed by atoms with Gasteiger partial charge in [-0.2, -0.15) is 5.10 Å². The normalized spacial score (nSPS) is 23.2. The zero-order valence-electron chi connectivity index (χ0n) is 20.9. The van der Waals surface area contributed by atoms with Crippen LogP contribution in [0.4, 0.5) is 10.5 Å². The molecule has 3 unspecified atom stereocenters. The number of halogens is 1. The molecule has 0 radical (unpaired) electrons. The predicted octanol–water partition coefficient (Wildman–Crippen LogP) is 6.10. The molecular formula is C30H28ClN5O2. The third kappa shape index (κ3) is 3.71. The summed E-state index contributed by atoms with van der Waals surface area (Å²) in [5.41, 5.74) is 5.19. The second-order valence-electron chi connectivity index (χ2n) is 10.6. The van der Waals surface area contributed by atoms with E-state index in [1.165, 1.54) is 17.0 Å². The smallest absolute Gasteiger partial charge is 0.329 e. The fourth-order valence-electron chi connectivity index (χ4n) is 6.72. The van der Waals surface area contributed by atoms with Gasteiger partial charge < -0.3 is 5.32 Å². The van der Waals surface area contributed by atoms with Crippen LogP contribution in [0.1, 0.15) is 49.3 Å². The van der Waals surface area contributed by atoms with Crippen LogP contribution in [0.25, 0.3) is 21.9 Å². The molecule has 2 aliphatic heterocycles. The van der Waals surface area contributed by atoms with Gasteiger partial charge in [0.2, 0.25) is 5.91 Å². The van der Waals surface area contributed by atoms with Crippen molar-refractivity contribution in [3.05, 3.63) is 77.3 Å². The highest BCUT2D eigenvalue weighted by molar-refractivity contribution is 6.32. The number of imide groups is 1. The number of nitrogens with one attached hydrogen (secondary N) is 1. The maximum Gasteiger partial charge on any atom is 0.329 e. The second kappa shape index (κ2) is 9.24. The number of aryl methyl sites for hydroxylation is 1. The van der Waals surface area contributed by atoms with Crippen molar-refractivity contribution >= 4 is 40.0 Å². The number of carbonyl (C=O) groups is 2. The van der Waals surface area contributed by atoms with Crippen LogP contribution in [0.5, 0.6) is 0 Å². The number of amides is 3. The molecule has 38 heavy (non-hydrogen) atoms. The van der Waals surface area contributed by atoms with Crippen LogP contribution < -0.4 is 10.2 Å². The Morgan fingerprint density at radius 1 is 0.947 bits per heavy atom. The first-order valence-electron chi connectivity index (χ1n) is 13.4. The SMILES string of the molecule is O=C1NC2CC(c3c(Cl)cccc3-c3cnn4c3CCCC4)CCC2C(=O)N1c1cncc2ccccc12. The molecule has 2 aromatic carbocycles. The van der Waals surface area contributed by atoms with Crippen molar-refractivity contribution < 1.29 is 9.59 Å². The van der Waals surface area contributed by atoms with Crippen LogP contribution >= 0.6 is 11.6 Å². The van der Waals surface area contributed by atoms with Crippen LogP contribution in [-0.4, -0.2) is 32.7 Å². The molecule has 7 rings (SSSR count). The van der Waals surface area contributed by atoms with Crippen molar-refractivity contribution in [1.82, 2.24) is 20.1 Å². The Balaban J connectivity index is 1.20. The lowest BCUT2D eigenvalue weighted by atomic mass is 9.72. The summed E-state index contributed by atoms with van der Waals surface area (Å²) in [7, 11) is 0. The molecule has 192 valence electrons. The lowest BCUT2D eigenvalue weighted by Gasteiger charge is -2.43. The Morgan fingerprint density at radius 3 is 2.76 bits per heavy atom. The Bertz CT molecular complexity index is 1570. The molecule has 1 N–H and O–H groups in total. The number of hydrogen-bond acceptors (Lipinski definition) is 4. The van der Waals surface area contributed by atoms with Gasteiger partial charge in [-0.05, 0) is 61.6 Å². The van der Waals surface area contributed by atoms with Crippen molar-refractivity contribution in [2.45, 2.75) is 57.0 Å². The number of urea groups is 1. The van der Waals surface area contributed by atoms with E-state index in [0.717, 1.165) is 58.3 Å². The van der Waals surface area contributed by atoms with Gasteiger partial charge in [-0.3, -0.25) is 14.5 Å². The summed E-state index contributed by atoms with van der Waals surface area (Å²) in [6.07, 6.45) is 10.8. The monoisotopic (exact) mass is 525 g/mol. The molecule has 1 saturated heterocycles. The fourth-order valence-corrected chi connectivity index (χ4v) is 7.05. The van der Waals surface area contributed by atoms with Crippen LogP contribution in [0.2, 0.25) is 5.02 Å². The number of rotatable bonds is 3. The minimum absolute atomic E-state index is 0.137. The van der Waals surface area contributed by atoms with Gasteiger partial charge in [0.15, 0.2) is 0 Å². The number of aromatic nitrogens is 3. The van der Waals surface area contributed by atoms with Crippen molar-refractivity contribution in [2.75, 3.05) is 4.90 Å². The first kappa shape index (κ1) is 23.4. The molecule has 2 fully saturated rings. The summed E-state index contributed by atoms with van der Waals surface area (Å²) < 4.78 is 2.12. The van der Waals surface area contributed by atoms with E-state index in [-0.39, 0.29) is 29.8 Å². The average molecular weight is 526 g/mol. The molecule has 0 bridgehead atoms. The quantitative estimate of drug-likeness (QED) is 0.350. The van der Waals surface area contributed by atoms with Crippen LogP contribution in [-0.2, 0) is 17.8 Å². The van der Waals surface area contributed by atoms with E-state index >= 15 is 0 Å². The first-order valence-corrected chi connectivity index (χ1v) is 13.8. The van der Waals surface area contributed by atoms with Gasteiger partial charge in [-0.15, -0.1) is 0 Å². The molecule has 3 atom stereocenters. The molecule has 7 nitrogen and oxygen atoms in total. The topological polar surface area (TPSA) is 80.1 Å². The van der Waals surface area contributed by atoms with E-state index in [0.29, 0.717) is 18.5 Å². The molecule has 2 aromatic heterocycles. The Morgan fingerprint density at radius 2 is 1.84 bits per heavy atom. The van der Waals surface area contributed by atoms with E-state index in [4.69, 9.17) is 11.6 Å². The molecule has 4 heterocycles. The van der Waals surface area contributed by atoms with Gasteiger partial charge in [0.05, 0.1) is 24.0 Å². The zero-order valence-corrected chi connectivity index (χ0v) is 21.7. The van der Waals surface area contributed by atoms with E-state index in [1.807, 2.05) is 42.6 Å². The van der Waals surface area contributed by atoms with Crippen LogP contribution in [0, 0.1) is 5.92 Å². The summed E-state index contributed by atoms with van der Waals surface area (Å²) in [4.78, 5) is 32.7. The van der Waals surface area contributed by atoms with Crippen molar-refractivity contribution in [3.63, 3.8) is 0 Å². The average Bonchev–Trinajstić information content (AvgIpc) is 3.37. The molecule has 0 spiro atoms. The van der Waals surface area contributed by atoms with Gasteiger partial charge in [-0.1, -0.05) is 48.0 Å². The minimum Gasteiger partial charge on any atom is -0.334 e. The number of carbonyl (C=O) groups excluding carboxylic acids is 2. The minimum atomic E-state index is -0.389. The lowest BCUT2D eigenvalue weighted by molar-refractivity contribution is -0.124. The van der Waals surface area contributed by atoms with Crippen LogP contribution in [0.3, 0.4) is 0 Å². The number of benzene rings is 2. The standard InChI is InChI=1S/C30H28ClN5O2/c31-24-9-5-8-21(23-16-33-35-13-4-3-10-26(23)35)28(24)18-11-12-22-25(14-18)34-30(38)36(29(22)37)27-17-32-15-19-6-1-2-7-20(19)27/h1-2,5-9,15-18,22,25H,3-4,10-14H2,(H,34,38). The highest BCUT2D eigenvalue weighted by atomic mass is 35.5. The van der Waals surface area contributed by atoms with Gasteiger partial charge in [-0.25, -0.2) is 9.69 Å². The molecule has 4 aromatic rings. The molecule has 3 amide bonds. The molecule has 8 heteroatoms. The molecule has 1 saturated carbocycles. The van der Waals surface area contributed by atoms with Gasteiger partial charge in [0, 0.05) is 45.8 Å². The fraction of sp³-hybridized carbons (Fsp3) is 0.333. The van der Waals surface area contributed by atoms with Crippen LogP contribution in [0.15, 0.2) is 61.1 Å². The summed E-state index contributed by atoms with van der Waals surface area (Å²) >= 11 is 6.86. The van der Waals surface area contributed by atoms with E-state index < -0.39 is 0 Å². The maximum absolute atomic E-state index is 13.7. The van der Waals surface area contributed by atoms with E-state index in [2.05, 4.69) is 26.1 Å². The summed E-state index contributed by atoms with van der Waals surface area (Å²) in [6.45, 7) is 0.954. The summed E-state index contributed by atoms with van der Waals surface area (Å²) in [6, 6.07) is 13.1. The number of hydrogen-bond donors (Lipinski definition) is 1. The predicted molar refractivity (Wildman–Crippen MR) is 147 cm³/mol. The lowest BCUT2D eigenvalue weighted by Crippen LogP contribution is -2.61. The third-order valence-corrected chi connectivity index (χ3v) is 8.85. The zero-order chi connectivity index (χ0) is 25.8. The highest BCUT2D eigenvalue weighted by Crippen LogP contribution is 2.46. The Kier molecular flexibility index (Phi) is 5.69. The molecular weight excluding hydrogens is 498 g/mol. The largest absolute Gasteiger partial charge is 0.334 e. The van der Waals surface area contributed by atoms with Gasteiger partial charge in [0.25, 0.3) is 0 Å². The number of fused-ring (bicyclic) bond motifs is 3. The second-order valence-corrected chi connectivity index (χ2v) is 11.0. The van der Waals surface area contributed by atoms with Gasteiger partial charge in [0.1, 0.15) is 0 Å². The number of anilines is 1. The van der Waals surface area contributed by atoms with E-state index in [1.54, 1.807) is 12.4 Å². The maximum atomic E-state index is 13.7. The molecule has 1 aliphatic carbocycles. The Hall–Kier alpha value is -3.71. The highest BCUT2D eigenvalue weighted by Gasteiger charge is 2.46. The number of pyridine rings is 1.